The van der Waals surface area contributed by atoms with Gasteiger partial charge < -0.3 is 29.2 Å². The molecule has 1 atom stereocenters. The van der Waals surface area contributed by atoms with Gasteiger partial charge >= 0.3 is 6.03 Å². The molecule has 1 aliphatic heterocycles. The second-order valence-electron chi connectivity index (χ2n) is 7.88. The molecule has 0 aromatic heterocycles. The van der Waals surface area contributed by atoms with Crippen LogP contribution in [0.25, 0.3) is 0 Å². The molecule has 184 valence electrons. The summed E-state index contributed by atoms with van der Waals surface area (Å²) in [6.45, 7) is 0.322. The predicted octanol–water partition coefficient (Wildman–Crippen LogP) is 5.69. The minimum atomic E-state index is -0.795. The van der Waals surface area contributed by atoms with E-state index in [1.165, 1.54) is 26.4 Å². The van der Waals surface area contributed by atoms with E-state index >= 15 is 4.39 Å². The second-order valence-corrected chi connectivity index (χ2v) is 8.29. The van der Waals surface area contributed by atoms with Crippen LogP contribution in [0.1, 0.15) is 22.7 Å². The molecule has 0 bridgehead atoms. The number of halogens is 2. The number of carbonyl (C=O) groups excluding carboxylic acids is 1. The molecule has 3 aromatic carbocycles. The normalized spacial score (nSPS) is 14.7. The Hall–Kier alpha value is -3.65. The van der Waals surface area contributed by atoms with Gasteiger partial charge in [-0.15, -0.1) is 0 Å². The van der Waals surface area contributed by atoms with Crippen molar-refractivity contribution in [3.05, 3.63) is 76.1 Å². The Morgan fingerprint density at radius 2 is 1.69 bits per heavy atom. The number of hydrogen-bond donors (Lipinski definition) is 1. The minimum Gasteiger partial charge on any atom is -0.497 e. The lowest BCUT2D eigenvalue weighted by molar-refractivity contribution is 0.192. The van der Waals surface area contributed by atoms with Gasteiger partial charge in [-0.05, 0) is 53.9 Å². The molecule has 2 amide bonds. The first kappa shape index (κ1) is 24.5. The Kier molecular flexibility index (Phi) is 7.21. The molecule has 0 spiro atoms. The molecule has 7 nitrogen and oxygen atoms in total. The highest BCUT2D eigenvalue weighted by Gasteiger charge is 2.36. The van der Waals surface area contributed by atoms with Crippen molar-refractivity contribution < 1.29 is 28.1 Å². The molecule has 0 radical (unpaired) electrons. The van der Waals surface area contributed by atoms with Crippen molar-refractivity contribution in [3.8, 4) is 23.0 Å². The summed E-state index contributed by atoms with van der Waals surface area (Å²) < 4.78 is 36.8. The summed E-state index contributed by atoms with van der Waals surface area (Å²) in [5.41, 5.74) is 2.28. The summed E-state index contributed by atoms with van der Waals surface area (Å²) >= 11 is 6.48. The summed E-state index contributed by atoms with van der Waals surface area (Å²) in [7, 11) is 6.13. The number of methoxy groups -OCH3 is 4. The van der Waals surface area contributed by atoms with Gasteiger partial charge in [-0.25, -0.2) is 9.18 Å². The largest absolute Gasteiger partial charge is 0.497 e. The third kappa shape index (κ3) is 4.66. The molecular weight excluding hydrogens is 475 g/mol. The van der Waals surface area contributed by atoms with Crippen LogP contribution in [0.2, 0.25) is 5.02 Å². The Labute approximate surface area is 208 Å². The van der Waals surface area contributed by atoms with Crippen molar-refractivity contribution >= 4 is 23.3 Å². The van der Waals surface area contributed by atoms with Crippen LogP contribution in [0.5, 0.6) is 23.0 Å². The quantitative estimate of drug-likeness (QED) is 0.470. The van der Waals surface area contributed by atoms with E-state index in [2.05, 4.69) is 5.32 Å². The van der Waals surface area contributed by atoms with E-state index in [0.29, 0.717) is 47.2 Å². The molecule has 1 heterocycles. The van der Waals surface area contributed by atoms with Gasteiger partial charge in [0.2, 0.25) is 0 Å². The van der Waals surface area contributed by atoms with Gasteiger partial charge in [0.25, 0.3) is 0 Å². The lowest BCUT2D eigenvalue weighted by Gasteiger charge is -2.38. The van der Waals surface area contributed by atoms with Crippen LogP contribution in [0, 0.1) is 5.82 Å². The predicted molar refractivity (Wildman–Crippen MR) is 132 cm³/mol. The van der Waals surface area contributed by atoms with Crippen molar-refractivity contribution in [3.63, 3.8) is 0 Å². The first-order valence-electron chi connectivity index (χ1n) is 10.9. The number of fused-ring (bicyclic) bond motifs is 1. The molecule has 35 heavy (non-hydrogen) atoms. The van der Waals surface area contributed by atoms with Gasteiger partial charge in [-0.1, -0.05) is 17.7 Å². The van der Waals surface area contributed by atoms with Crippen molar-refractivity contribution in [2.45, 2.75) is 12.5 Å². The van der Waals surface area contributed by atoms with Gasteiger partial charge in [-0.3, -0.25) is 0 Å². The van der Waals surface area contributed by atoms with Crippen LogP contribution in [0.4, 0.5) is 14.9 Å². The summed E-state index contributed by atoms with van der Waals surface area (Å²) in [4.78, 5) is 15.1. The topological polar surface area (TPSA) is 69.3 Å². The SMILES string of the molecule is COc1ccc(NC(=O)N2CCc3cc(OC)c(OC)cc3[C@@H]2c2c(F)cccc2Cl)c(OC)c1. The number of hydrogen-bond acceptors (Lipinski definition) is 5. The zero-order valence-electron chi connectivity index (χ0n) is 19.9. The minimum absolute atomic E-state index is 0.208. The number of anilines is 1. The highest BCUT2D eigenvalue weighted by Crippen LogP contribution is 2.44. The molecule has 9 heteroatoms. The van der Waals surface area contributed by atoms with Crippen molar-refractivity contribution in [1.82, 2.24) is 4.90 Å². The van der Waals surface area contributed by atoms with E-state index in [-0.39, 0.29) is 10.6 Å². The third-order valence-electron chi connectivity index (χ3n) is 6.06. The van der Waals surface area contributed by atoms with Crippen LogP contribution in [0.15, 0.2) is 48.5 Å². The fourth-order valence-corrected chi connectivity index (χ4v) is 4.60. The van der Waals surface area contributed by atoms with E-state index in [1.54, 1.807) is 49.5 Å². The first-order valence-corrected chi connectivity index (χ1v) is 11.3. The van der Waals surface area contributed by atoms with Crippen LogP contribution in [0.3, 0.4) is 0 Å². The summed E-state index contributed by atoms with van der Waals surface area (Å²) in [5.74, 6) is 1.55. The Balaban J connectivity index is 1.80. The third-order valence-corrected chi connectivity index (χ3v) is 6.39. The Morgan fingerprint density at radius 1 is 0.971 bits per heavy atom. The standard InChI is InChI=1S/C26H26ClFN2O5/c1-32-16-8-9-20(21(13-16)33-2)29-26(31)30-11-10-15-12-22(34-3)23(35-4)14-17(15)25(30)24-18(27)6-5-7-19(24)28/h5-9,12-14,25H,10-11H2,1-4H3,(H,29,31)/t25-/m1/s1. The molecule has 0 saturated heterocycles. The van der Waals surface area contributed by atoms with E-state index in [0.717, 1.165) is 5.56 Å². The maximum atomic E-state index is 15.2. The number of urea groups is 1. The number of nitrogens with zero attached hydrogens (tertiary/aromatic N) is 1. The van der Waals surface area contributed by atoms with Gasteiger partial charge in [0.15, 0.2) is 11.5 Å². The fourth-order valence-electron chi connectivity index (χ4n) is 4.34. The fraction of sp³-hybridized carbons (Fsp3) is 0.269. The van der Waals surface area contributed by atoms with Crippen LogP contribution in [-0.2, 0) is 6.42 Å². The molecule has 0 unspecified atom stereocenters. The molecule has 1 aliphatic rings. The maximum Gasteiger partial charge on any atom is 0.322 e. The van der Waals surface area contributed by atoms with Gasteiger partial charge in [0.1, 0.15) is 17.3 Å². The number of ether oxygens (including phenoxy) is 4. The molecular formula is C26H26ClFN2O5. The number of rotatable bonds is 6. The number of carbonyl (C=O) groups is 1. The Morgan fingerprint density at radius 3 is 2.34 bits per heavy atom. The lowest BCUT2D eigenvalue weighted by atomic mass is 9.87. The van der Waals surface area contributed by atoms with E-state index < -0.39 is 17.9 Å². The molecule has 0 fully saturated rings. The number of benzene rings is 3. The van der Waals surface area contributed by atoms with E-state index in [9.17, 15) is 4.79 Å². The summed E-state index contributed by atoms with van der Waals surface area (Å²) in [6.07, 6.45) is 0.533. The Bertz CT molecular complexity index is 1230. The summed E-state index contributed by atoms with van der Waals surface area (Å²) in [6, 6.07) is 12.0. The summed E-state index contributed by atoms with van der Waals surface area (Å²) in [5, 5.41) is 3.11. The van der Waals surface area contributed by atoms with Crippen LogP contribution in [-0.4, -0.2) is 45.9 Å². The van der Waals surface area contributed by atoms with Crippen LogP contribution >= 0.6 is 11.6 Å². The van der Waals surface area contributed by atoms with Gasteiger partial charge in [0, 0.05) is 23.2 Å². The number of amides is 2. The van der Waals surface area contributed by atoms with Crippen LogP contribution < -0.4 is 24.3 Å². The molecule has 0 aliphatic carbocycles. The van der Waals surface area contributed by atoms with E-state index in [4.69, 9.17) is 30.5 Å². The maximum absolute atomic E-state index is 15.2. The zero-order chi connectivity index (χ0) is 25.1. The van der Waals surface area contributed by atoms with Crippen molar-refractivity contribution in [2.75, 3.05) is 40.3 Å². The monoisotopic (exact) mass is 500 g/mol. The lowest BCUT2D eigenvalue weighted by Crippen LogP contribution is -2.43. The highest BCUT2D eigenvalue weighted by molar-refractivity contribution is 6.31. The molecule has 0 saturated carbocycles. The van der Waals surface area contributed by atoms with Crippen molar-refractivity contribution in [1.29, 1.82) is 0 Å². The molecule has 3 aromatic rings. The van der Waals surface area contributed by atoms with Crippen molar-refractivity contribution in [2.24, 2.45) is 0 Å². The van der Waals surface area contributed by atoms with E-state index in [1.807, 2.05) is 6.07 Å². The molecule has 4 rings (SSSR count). The highest BCUT2D eigenvalue weighted by atomic mass is 35.5. The first-order chi connectivity index (χ1) is 16.9. The van der Waals surface area contributed by atoms with Gasteiger partial charge in [0.05, 0.1) is 40.2 Å². The number of nitrogens with one attached hydrogen (secondary N) is 1. The van der Waals surface area contributed by atoms with Gasteiger partial charge in [-0.2, -0.15) is 0 Å². The molecule has 1 N–H and O–H groups in total. The smallest absolute Gasteiger partial charge is 0.322 e. The zero-order valence-corrected chi connectivity index (χ0v) is 20.6. The average molecular weight is 501 g/mol. The average Bonchev–Trinajstić information content (AvgIpc) is 2.87. The second kappa shape index (κ2) is 10.3.